The second-order valence-electron chi connectivity index (χ2n) is 6.26. The van der Waals surface area contributed by atoms with Crippen LogP contribution in [0, 0.1) is 0 Å². The van der Waals surface area contributed by atoms with Gasteiger partial charge >= 0.3 is 5.97 Å². The number of ether oxygens (including phenoxy) is 1. The van der Waals surface area contributed by atoms with Crippen LogP contribution in [0.2, 0.25) is 0 Å². The van der Waals surface area contributed by atoms with E-state index in [1.807, 2.05) is 41.5 Å². The summed E-state index contributed by atoms with van der Waals surface area (Å²) in [6.07, 6.45) is 2.39. The van der Waals surface area contributed by atoms with E-state index >= 15 is 0 Å². The Morgan fingerprint density at radius 3 is 2.16 bits per heavy atom. The van der Waals surface area contributed by atoms with Gasteiger partial charge < -0.3 is 9.62 Å². The van der Waals surface area contributed by atoms with Gasteiger partial charge in [-0.15, -0.1) is 0 Å². The summed E-state index contributed by atoms with van der Waals surface area (Å²) in [5.74, 6) is 0.342. The van der Waals surface area contributed by atoms with Crippen molar-refractivity contribution >= 4 is 5.97 Å². The molecule has 0 saturated carbocycles. The van der Waals surface area contributed by atoms with E-state index in [1.165, 1.54) is 0 Å². The highest BCUT2D eigenvalue weighted by atomic mass is 17.2. The average molecular weight is 272 g/mol. The topological polar surface area (TPSA) is 44.8 Å². The molecule has 0 aliphatic carbocycles. The maximum atomic E-state index is 11.6. The molecule has 0 N–H and O–H groups in total. The van der Waals surface area contributed by atoms with E-state index in [4.69, 9.17) is 14.5 Å². The van der Waals surface area contributed by atoms with Crippen LogP contribution in [-0.2, 0) is 19.3 Å². The highest BCUT2D eigenvalue weighted by Crippen LogP contribution is 2.17. The second-order valence-corrected chi connectivity index (χ2v) is 6.26. The van der Waals surface area contributed by atoms with Gasteiger partial charge in [-0.05, 0) is 47.5 Å². The minimum atomic E-state index is -0.389. The standard InChI is InChI=1S/C15H28O4/c1-8-15(6,7)17-13(16)11-9-10-12(2)18-19-14(3,4)5/h2,8-11H2,1,3-7H3. The first-order chi connectivity index (χ1) is 8.56. The van der Waals surface area contributed by atoms with E-state index < -0.39 is 0 Å². The Balaban J connectivity index is 3.79. The van der Waals surface area contributed by atoms with E-state index in [-0.39, 0.29) is 17.2 Å². The predicted octanol–water partition coefficient (Wildman–Crippen LogP) is 4.15. The zero-order valence-corrected chi connectivity index (χ0v) is 13.2. The number of carbonyl (C=O) groups excluding carboxylic acids is 1. The summed E-state index contributed by atoms with van der Waals surface area (Å²) in [4.78, 5) is 21.8. The quantitative estimate of drug-likeness (QED) is 0.288. The van der Waals surface area contributed by atoms with Crippen LogP contribution in [0.15, 0.2) is 12.3 Å². The SMILES string of the molecule is C=C(CCCC(=O)OC(C)(C)CC)OOC(C)(C)C. The maximum Gasteiger partial charge on any atom is 0.306 e. The van der Waals surface area contributed by atoms with Gasteiger partial charge in [0, 0.05) is 12.8 Å². The third kappa shape index (κ3) is 10.6. The van der Waals surface area contributed by atoms with Crippen LogP contribution >= 0.6 is 0 Å². The van der Waals surface area contributed by atoms with Crippen molar-refractivity contribution in [1.82, 2.24) is 0 Å². The molecule has 0 aromatic rings. The largest absolute Gasteiger partial charge is 0.460 e. The van der Waals surface area contributed by atoms with Crippen LogP contribution in [-0.4, -0.2) is 17.2 Å². The molecule has 0 heterocycles. The lowest BCUT2D eigenvalue weighted by Gasteiger charge is -2.23. The van der Waals surface area contributed by atoms with Crippen molar-refractivity contribution in [3.05, 3.63) is 12.3 Å². The molecule has 0 atom stereocenters. The first kappa shape index (κ1) is 18.0. The van der Waals surface area contributed by atoms with E-state index in [0.29, 0.717) is 25.0 Å². The first-order valence-corrected chi connectivity index (χ1v) is 6.81. The summed E-state index contributed by atoms with van der Waals surface area (Å²) < 4.78 is 5.34. The van der Waals surface area contributed by atoms with E-state index in [1.54, 1.807) is 0 Å². The number of carbonyl (C=O) groups is 1. The van der Waals surface area contributed by atoms with Gasteiger partial charge in [0.1, 0.15) is 17.0 Å². The Hall–Kier alpha value is -1.03. The summed E-state index contributed by atoms with van der Waals surface area (Å²) in [5, 5.41) is 0. The van der Waals surface area contributed by atoms with Crippen LogP contribution in [0.3, 0.4) is 0 Å². The summed E-state index contributed by atoms with van der Waals surface area (Å²) in [6.45, 7) is 15.2. The third-order valence-electron chi connectivity index (χ3n) is 2.49. The third-order valence-corrected chi connectivity index (χ3v) is 2.49. The molecule has 0 aliphatic rings. The molecule has 0 aromatic carbocycles. The normalized spacial score (nSPS) is 12.1. The number of hydrogen-bond acceptors (Lipinski definition) is 4. The van der Waals surface area contributed by atoms with Gasteiger partial charge in [0.15, 0.2) is 0 Å². The monoisotopic (exact) mass is 272 g/mol. The molecule has 4 nitrogen and oxygen atoms in total. The van der Waals surface area contributed by atoms with Crippen molar-refractivity contribution in [3.63, 3.8) is 0 Å². The van der Waals surface area contributed by atoms with Gasteiger partial charge in [-0.1, -0.05) is 13.5 Å². The molecule has 19 heavy (non-hydrogen) atoms. The first-order valence-electron chi connectivity index (χ1n) is 6.81. The van der Waals surface area contributed by atoms with Gasteiger partial charge in [-0.2, -0.15) is 4.89 Å². The molecular weight excluding hydrogens is 244 g/mol. The highest BCUT2D eigenvalue weighted by molar-refractivity contribution is 5.69. The lowest BCUT2D eigenvalue weighted by Crippen LogP contribution is -2.26. The number of esters is 1. The van der Waals surface area contributed by atoms with Crippen LogP contribution in [0.4, 0.5) is 0 Å². The second kappa shape index (κ2) is 7.53. The summed E-state index contributed by atoms with van der Waals surface area (Å²) >= 11 is 0. The molecule has 0 rings (SSSR count). The predicted molar refractivity (Wildman–Crippen MR) is 75.4 cm³/mol. The summed E-state index contributed by atoms with van der Waals surface area (Å²) in [6, 6.07) is 0. The molecule has 0 amide bonds. The fourth-order valence-corrected chi connectivity index (χ4v) is 1.09. The number of hydrogen-bond donors (Lipinski definition) is 0. The van der Waals surface area contributed by atoms with Crippen molar-refractivity contribution in [1.29, 1.82) is 0 Å². The molecule has 112 valence electrons. The lowest BCUT2D eigenvalue weighted by molar-refractivity contribution is -0.322. The van der Waals surface area contributed by atoms with Gasteiger partial charge in [-0.25, -0.2) is 0 Å². The molecule has 0 aromatic heterocycles. The van der Waals surface area contributed by atoms with Gasteiger partial charge in [0.2, 0.25) is 0 Å². The van der Waals surface area contributed by atoms with Crippen molar-refractivity contribution in [3.8, 4) is 0 Å². The van der Waals surface area contributed by atoms with Crippen LogP contribution < -0.4 is 0 Å². The molecule has 0 radical (unpaired) electrons. The highest BCUT2D eigenvalue weighted by Gasteiger charge is 2.20. The zero-order valence-electron chi connectivity index (χ0n) is 13.2. The van der Waals surface area contributed by atoms with Crippen LogP contribution in [0.5, 0.6) is 0 Å². The minimum Gasteiger partial charge on any atom is -0.460 e. The van der Waals surface area contributed by atoms with E-state index in [9.17, 15) is 4.79 Å². The summed E-state index contributed by atoms with van der Waals surface area (Å²) in [7, 11) is 0. The Labute approximate surface area is 117 Å². The van der Waals surface area contributed by atoms with Crippen molar-refractivity contribution in [2.45, 2.75) is 78.4 Å². The smallest absolute Gasteiger partial charge is 0.306 e. The maximum absolute atomic E-state index is 11.6. The number of allylic oxidation sites excluding steroid dienone is 1. The fraction of sp³-hybridized carbons (Fsp3) is 0.800. The van der Waals surface area contributed by atoms with E-state index in [0.717, 1.165) is 6.42 Å². The molecule has 0 spiro atoms. The Morgan fingerprint density at radius 1 is 1.11 bits per heavy atom. The Morgan fingerprint density at radius 2 is 1.68 bits per heavy atom. The lowest BCUT2D eigenvalue weighted by atomic mass is 10.1. The van der Waals surface area contributed by atoms with Crippen LogP contribution in [0.1, 0.15) is 67.2 Å². The van der Waals surface area contributed by atoms with Crippen molar-refractivity contribution < 1.29 is 19.3 Å². The minimum absolute atomic E-state index is 0.184. The molecule has 0 aliphatic heterocycles. The van der Waals surface area contributed by atoms with E-state index in [2.05, 4.69) is 6.58 Å². The average Bonchev–Trinajstić information content (AvgIpc) is 2.25. The molecule has 0 unspecified atom stereocenters. The molecule has 4 heteroatoms. The fourth-order valence-electron chi connectivity index (χ4n) is 1.09. The van der Waals surface area contributed by atoms with Gasteiger partial charge in [-0.3, -0.25) is 4.79 Å². The molecular formula is C15H28O4. The van der Waals surface area contributed by atoms with Crippen LogP contribution in [0.25, 0.3) is 0 Å². The Kier molecular flexibility index (Phi) is 7.12. The van der Waals surface area contributed by atoms with Crippen molar-refractivity contribution in [2.24, 2.45) is 0 Å². The van der Waals surface area contributed by atoms with Gasteiger partial charge in [0.25, 0.3) is 0 Å². The summed E-state index contributed by atoms with van der Waals surface area (Å²) in [5.41, 5.74) is -0.757. The Bertz CT molecular complexity index is 300. The zero-order chi connectivity index (χ0) is 15.1. The molecule has 0 saturated heterocycles. The molecule has 0 fully saturated rings. The number of rotatable bonds is 8. The molecule has 0 bridgehead atoms. The van der Waals surface area contributed by atoms with Crippen molar-refractivity contribution in [2.75, 3.05) is 0 Å². The van der Waals surface area contributed by atoms with Gasteiger partial charge in [0.05, 0.1) is 0 Å².